The molecular formula is C10H10ClFO. The van der Waals surface area contributed by atoms with Crippen molar-refractivity contribution in [1.82, 2.24) is 0 Å². The van der Waals surface area contributed by atoms with Crippen molar-refractivity contribution in [2.24, 2.45) is 0 Å². The third-order valence-electron chi connectivity index (χ3n) is 1.60. The van der Waals surface area contributed by atoms with Gasteiger partial charge in [-0.15, -0.1) is 0 Å². The van der Waals surface area contributed by atoms with Gasteiger partial charge >= 0.3 is 0 Å². The molecule has 13 heavy (non-hydrogen) atoms. The van der Waals surface area contributed by atoms with Gasteiger partial charge in [0.05, 0.1) is 11.1 Å². The van der Waals surface area contributed by atoms with Gasteiger partial charge in [-0.25, -0.2) is 4.39 Å². The SMILES string of the molecule is CC(O)/C(Cl)=C(/F)c1ccccc1. The first-order valence-electron chi connectivity index (χ1n) is 3.91. The Morgan fingerprint density at radius 2 is 1.92 bits per heavy atom. The molecule has 0 aliphatic rings. The minimum atomic E-state index is -0.970. The molecule has 0 bridgehead atoms. The quantitative estimate of drug-likeness (QED) is 0.778. The topological polar surface area (TPSA) is 20.2 Å². The third-order valence-corrected chi connectivity index (χ3v) is 2.09. The van der Waals surface area contributed by atoms with Crippen LogP contribution >= 0.6 is 11.6 Å². The molecule has 3 heteroatoms. The van der Waals surface area contributed by atoms with Gasteiger partial charge in [0.1, 0.15) is 5.83 Å². The van der Waals surface area contributed by atoms with Crippen LogP contribution in [0.2, 0.25) is 0 Å². The Balaban J connectivity index is 3.03. The van der Waals surface area contributed by atoms with Gasteiger partial charge < -0.3 is 5.11 Å². The highest BCUT2D eigenvalue weighted by molar-refractivity contribution is 6.32. The second-order valence-electron chi connectivity index (χ2n) is 2.70. The number of benzene rings is 1. The predicted molar refractivity (Wildman–Crippen MR) is 52.0 cm³/mol. The molecule has 70 valence electrons. The summed E-state index contributed by atoms with van der Waals surface area (Å²) in [5.41, 5.74) is 0.383. The zero-order chi connectivity index (χ0) is 9.84. The van der Waals surface area contributed by atoms with Crippen LogP contribution in [0, 0.1) is 0 Å². The molecule has 0 aromatic heterocycles. The van der Waals surface area contributed by atoms with E-state index in [9.17, 15) is 4.39 Å². The summed E-state index contributed by atoms with van der Waals surface area (Å²) in [7, 11) is 0. The molecule has 0 saturated heterocycles. The standard InChI is InChI=1S/C10H10ClFO/c1-7(13)9(11)10(12)8-5-3-2-4-6-8/h2-7,13H,1H3/b10-9-. The van der Waals surface area contributed by atoms with E-state index in [0.717, 1.165) is 0 Å². The number of hydrogen-bond acceptors (Lipinski definition) is 1. The molecule has 1 rings (SSSR count). The normalized spacial score (nSPS) is 15.1. The number of halogens is 2. The van der Waals surface area contributed by atoms with Crippen LogP contribution in [-0.4, -0.2) is 11.2 Å². The first-order chi connectivity index (χ1) is 6.13. The molecule has 0 amide bonds. The lowest BCUT2D eigenvalue weighted by Gasteiger charge is -2.04. The van der Waals surface area contributed by atoms with Crippen LogP contribution < -0.4 is 0 Å². The number of hydrogen-bond donors (Lipinski definition) is 1. The molecule has 1 atom stereocenters. The van der Waals surface area contributed by atoms with Crippen molar-refractivity contribution in [3.63, 3.8) is 0 Å². The van der Waals surface area contributed by atoms with Crippen LogP contribution in [0.4, 0.5) is 4.39 Å². The molecule has 1 aromatic carbocycles. The van der Waals surface area contributed by atoms with Gasteiger partial charge in [-0.3, -0.25) is 0 Å². The Kier molecular flexibility index (Phi) is 3.46. The minimum absolute atomic E-state index is 0.161. The van der Waals surface area contributed by atoms with Crippen LogP contribution in [-0.2, 0) is 0 Å². The van der Waals surface area contributed by atoms with Gasteiger partial charge in [-0.1, -0.05) is 41.9 Å². The summed E-state index contributed by atoms with van der Waals surface area (Å²) in [6, 6.07) is 8.40. The van der Waals surface area contributed by atoms with E-state index in [-0.39, 0.29) is 5.03 Å². The van der Waals surface area contributed by atoms with Crippen LogP contribution in [0.5, 0.6) is 0 Å². The zero-order valence-corrected chi connectivity index (χ0v) is 7.92. The van der Waals surface area contributed by atoms with Gasteiger partial charge in [0, 0.05) is 5.56 Å². The summed E-state index contributed by atoms with van der Waals surface area (Å²) in [6.07, 6.45) is -0.970. The van der Waals surface area contributed by atoms with Gasteiger partial charge in [-0.2, -0.15) is 0 Å². The summed E-state index contributed by atoms with van der Waals surface area (Å²) in [5.74, 6) is -0.572. The molecular weight excluding hydrogens is 191 g/mol. The zero-order valence-electron chi connectivity index (χ0n) is 7.17. The second-order valence-corrected chi connectivity index (χ2v) is 3.11. The van der Waals surface area contributed by atoms with E-state index >= 15 is 0 Å². The molecule has 1 aromatic rings. The Hall–Kier alpha value is -0.860. The van der Waals surface area contributed by atoms with Crippen molar-refractivity contribution in [3.8, 4) is 0 Å². The van der Waals surface area contributed by atoms with Gasteiger partial charge in [0.15, 0.2) is 0 Å². The summed E-state index contributed by atoms with van der Waals surface area (Å²) in [5, 5.41) is 8.86. The molecule has 1 nitrogen and oxygen atoms in total. The molecule has 0 spiro atoms. The lowest BCUT2D eigenvalue weighted by molar-refractivity contribution is 0.239. The van der Waals surface area contributed by atoms with Gasteiger partial charge in [0.25, 0.3) is 0 Å². The number of rotatable bonds is 2. The summed E-state index contributed by atoms with van der Waals surface area (Å²) >= 11 is 5.56. The molecule has 1 unspecified atom stereocenters. The lowest BCUT2D eigenvalue weighted by atomic mass is 10.2. The highest BCUT2D eigenvalue weighted by Gasteiger charge is 2.10. The number of aliphatic hydroxyl groups excluding tert-OH is 1. The van der Waals surface area contributed by atoms with Crippen LogP contribution in [0.15, 0.2) is 35.4 Å². The molecule has 0 radical (unpaired) electrons. The maximum absolute atomic E-state index is 13.4. The Labute approximate surface area is 81.5 Å². The van der Waals surface area contributed by atoms with Crippen molar-refractivity contribution in [2.45, 2.75) is 13.0 Å². The summed E-state index contributed by atoms with van der Waals surface area (Å²) in [4.78, 5) is 0. The van der Waals surface area contributed by atoms with E-state index in [1.54, 1.807) is 30.3 Å². The molecule has 0 fully saturated rings. The Bertz CT molecular complexity index is 306. The largest absolute Gasteiger partial charge is 0.388 e. The summed E-state index contributed by atoms with van der Waals surface area (Å²) < 4.78 is 13.4. The lowest BCUT2D eigenvalue weighted by Crippen LogP contribution is -2.00. The van der Waals surface area contributed by atoms with Gasteiger partial charge in [0.2, 0.25) is 0 Å². The van der Waals surface area contributed by atoms with E-state index < -0.39 is 11.9 Å². The van der Waals surface area contributed by atoms with E-state index in [2.05, 4.69) is 0 Å². The smallest absolute Gasteiger partial charge is 0.147 e. The van der Waals surface area contributed by atoms with E-state index in [1.165, 1.54) is 6.92 Å². The van der Waals surface area contributed by atoms with Crippen molar-refractivity contribution in [2.75, 3.05) is 0 Å². The Morgan fingerprint density at radius 3 is 2.38 bits per heavy atom. The predicted octanol–water partition coefficient (Wildman–Crippen LogP) is 2.94. The highest BCUT2D eigenvalue weighted by Crippen LogP contribution is 2.24. The van der Waals surface area contributed by atoms with Crippen molar-refractivity contribution >= 4 is 17.4 Å². The van der Waals surface area contributed by atoms with Crippen molar-refractivity contribution < 1.29 is 9.50 Å². The van der Waals surface area contributed by atoms with Crippen molar-refractivity contribution in [3.05, 3.63) is 40.9 Å². The van der Waals surface area contributed by atoms with Gasteiger partial charge in [-0.05, 0) is 6.92 Å². The monoisotopic (exact) mass is 200 g/mol. The molecule has 0 heterocycles. The van der Waals surface area contributed by atoms with Crippen LogP contribution in [0.3, 0.4) is 0 Å². The second kappa shape index (κ2) is 4.40. The van der Waals surface area contributed by atoms with Crippen LogP contribution in [0.1, 0.15) is 12.5 Å². The average Bonchev–Trinajstić information content (AvgIpc) is 2.17. The third kappa shape index (κ3) is 2.54. The Morgan fingerprint density at radius 1 is 1.38 bits per heavy atom. The fourth-order valence-corrected chi connectivity index (χ4v) is 1.01. The fraction of sp³-hybridized carbons (Fsp3) is 0.200. The fourth-order valence-electron chi connectivity index (χ4n) is 0.906. The maximum Gasteiger partial charge on any atom is 0.147 e. The maximum atomic E-state index is 13.4. The number of aliphatic hydroxyl groups is 1. The van der Waals surface area contributed by atoms with Crippen LogP contribution in [0.25, 0.3) is 5.83 Å². The first-order valence-corrected chi connectivity index (χ1v) is 4.29. The first kappa shape index (κ1) is 10.2. The molecule has 0 aliphatic heterocycles. The van der Waals surface area contributed by atoms with E-state index in [0.29, 0.717) is 5.56 Å². The highest BCUT2D eigenvalue weighted by atomic mass is 35.5. The minimum Gasteiger partial charge on any atom is -0.388 e. The van der Waals surface area contributed by atoms with Crippen molar-refractivity contribution in [1.29, 1.82) is 0 Å². The molecule has 0 aliphatic carbocycles. The molecule has 1 N–H and O–H groups in total. The van der Waals surface area contributed by atoms with E-state index in [4.69, 9.17) is 16.7 Å². The molecule has 0 saturated carbocycles. The van der Waals surface area contributed by atoms with E-state index in [1.807, 2.05) is 0 Å². The average molecular weight is 201 g/mol. The summed E-state index contributed by atoms with van der Waals surface area (Å²) in [6.45, 7) is 1.42.